The first kappa shape index (κ1) is 9.34. The number of aromatic nitrogens is 2. The van der Waals surface area contributed by atoms with Gasteiger partial charge in [-0.3, -0.25) is 9.36 Å². The molecule has 0 unspecified atom stereocenters. The van der Waals surface area contributed by atoms with Gasteiger partial charge in [0.15, 0.2) is 0 Å². The topological polar surface area (TPSA) is 58.7 Å². The quantitative estimate of drug-likeness (QED) is 0.696. The van der Waals surface area contributed by atoms with E-state index in [4.69, 9.17) is 5.26 Å². The molecular weight excluding hydrogens is 197 g/mol. The van der Waals surface area contributed by atoms with Crippen molar-refractivity contribution in [2.45, 2.75) is 6.54 Å². The van der Waals surface area contributed by atoms with E-state index in [9.17, 15) is 9.18 Å². The van der Waals surface area contributed by atoms with Crippen LogP contribution in [0.4, 0.5) is 4.39 Å². The summed E-state index contributed by atoms with van der Waals surface area (Å²) in [6.45, 7) is -0.0564. The Morgan fingerprint density at radius 2 is 2.33 bits per heavy atom. The summed E-state index contributed by atoms with van der Waals surface area (Å²) >= 11 is 0. The lowest BCUT2D eigenvalue weighted by Crippen LogP contribution is -2.19. The highest BCUT2D eigenvalue weighted by atomic mass is 19.1. The molecule has 0 saturated heterocycles. The van der Waals surface area contributed by atoms with Crippen LogP contribution in [0.5, 0.6) is 0 Å². The van der Waals surface area contributed by atoms with Crippen LogP contribution in [0.1, 0.15) is 0 Å². The molecule has 4 nitrogen and oxygen atoms in total. The number of hydrogen-bond acceptors (Lipinski definition) is 3. The minimum absolute atomic E-state index is 0.0564. The van der Waals surface area contributed by atoms with E-state index in [1.165, 1.54) is 29.1 Å². The number of fused-ring (bicyclic) bond motifs is 1. The first-order chi connectivity index (χ1) is 7.22. The summed E-state index contributed by atoms with van der Waals surface area (Å²) in [6, 6.07) is 5.60. The average molecular weight is 203 g/mol. The van der Waals surface area contributed by atoms with Crippen molar-refractivity contribution in [3.05, 3.63) is 40.7 Å². The fraction of sp³-hybridized carbons (Fsp3) is 0.100. The van der Waals surface area contributed by atoms with Crippen LogP contribution in [0.3, 0.4) is 0 Å². The second-order valence-electron chi connectivity index (χ2n) is 3.00. The second kappa shape index (κ2) is 3.50. The van der Waals surface area contributed by atoms with Gasteiger partial charge in [-0.1, -0.05) is 0 Å². The maximum atomic E-state index is 12.8. The monoisotopic (exact) mass is 203 g/mol. The van der Waals surface area contributed by atoms with Crippen molar-refractivity contribution in [3.63, 3.8) is 0 Å². The normalized spacial score (nSPS) is 10.1. The van der Waals surface area contributed by atoms with Gasteiger partial charge in [0, 0.05) is 6.07 Å². The molecule has 0 radical (unpaired) electrons. The van der Waals surface area contributed by atoms with Crippen LogP contribution < -0.4 is 5.56 Å². The van der Waals surface area contributed by atoms with Crippen molar-refractivity contribution in [1.82, 2.24) is 9.55 Å². The molecule has 0 bridgehead atoms. The summed E-state index contributed by atoms with van der Waals surface area (Å²) in [5.74, 6) is -0.438. The van der Waals surface area contributed by atoms with Gasteiger partial charge in [0.1, 0.15) is 12.4 Å². The molecule has 74 valence electrons. The molecule has 2 aromatic rings. The van der Waals surface area contributed by atoms with Crippen molar-refractivity contribution in [2.24, 2.45) is 0 Å². The van der Waals surface area contributed by atoms with E-state index in [1.807, 2.05) is 6.07 Å². The number of benzene rings is 1. The van der Waals surface area contributed by atoms with E-state index in [0.29, 0.717) is 10.9 Å². The molecule has 0 aliphatic rings. The highest BCUT2D eigenvalue weighted by molar-refractivity contribution is 5.77. The van der Waals surface area contributed by atoms with E-state index < -0.39 is 5.82 Å². The Balaban J connectivity index is 2.76. The van der Waals surface area contributed by atoms with E-state index >= 15 is 0 Å². The molecule has 0 aliphatic heterocycles. The predicted molar refractivity (Wildman–Crippen MR) is 51.6 cm³/mol. The van der Waals surface area contributed by atoms with Crippen molar-refractivity contribution in [3.8, 4) is 6.07 Å². The molecule has 5 heteroatoms. The molecule has 0 saturated carbocycles. The zero-order valence-corrected chi connectivity index (χ0v) is 7.64. The van der Waals surface area contributed by atoms with Gasteiger partial charge in [0.25, 0.3) is 5.56 Å². The third kappa shape index (κ3) is 1.57. The lowest BCUT2D eigenvalue weighted by Gasteiger charge is -2.01. The smallest absolute Gasteiger partial charge is 0.262 e. The summed E-state index contributed by atoms with van der Waals surface area (Å²) < 4.78 is 14.0. The van der Waals surface area contributed by atoms with Gasteiger partial charge in [-0.25, -0.2) is 9.37 Å². The molecule has 0 atom stereocenters. The number of rotatable bonds is 1. The van der Waals surface area contributed by atoms with Crippen LogP contribution in [-0.2, 0) is 6.54 Å². The van der Waals surface area contributed by atoms with Crippen molar-refractivity contribution in [1.29, 1.82) is 5.26 Å². The van der Waals surface area contributed by atoms with E-state index in [0.717, 1.165) is 0 Å². The first-order valence-electron chi connectivity index (χ1n) is 4.24. The number of halogens is 1. The van der Waals surface area contributed by atoms with Gasteiger partial charge < -0.3 is 0 Å². The van der Waals surface area contributed by atoms with Gasteiger partial charge in [-0.2, -0.15) is 5.26 Å². The summed E-state index contributed by atoms with van der Waals surface area (Å²) in [5, 5.41) is 8.78. The third-order valence-electron chi connectivity index (χ3n) is 2.03. The lowest BCUT2D eigenvalue weighted by atomic mass is 10.2. The standard InChI is InChI=1S/C10H6FN3O/c11-7-1-2-8-9(5-7)13-6-14(4-3-12)10(8)15/h1-2,5-6H,4H2. The average Bonchev–Trinajstić information content (AvgIpc) is 2.22. The van der Waals surface area contributed by atoms with Gasteiger partial charge in [-0.05, 0) is 12.1 Å². The van der Waals surface area contributed by atoms with Gasteiger partial charge in [0.2, 0.25) is 0 Å². The predicted octanol–water partition coefficient (Wildman–Crippen LogP) is 1.06. The second-order valence-corrected chi connectivity index (χ2v) is 3.00. The Hall–Kier alpha value is -2.22. The number of nitrogens with zero attached hydrogens (tertiary/aromatic N) is 3. The first-order valence-corrected chi connectivity index (χ1v) is 4.24. The molecule has 0 N–H and O–H groups in total. The molecule has 0 fully saturated rings. The number of hydrogen-bond donors (Lipinski definition) is 0. The summed E-state index contributed by atoms with van der Waals surface area (Å²) in [6.07, 6.45) is 1.24. The molecular formula is C10H6FN3O. The summed E-state index contributed by atoms with van der Waals surface area (Å²) in [5.41, 5.74) is -0.0317. The van der Waals surface area contributed by atoms with E-state index in [-0.39, 0.29) is 12.1 Å². The molecule has 0 spiro atoms. The Kier molecular flexibility index (Phi) is 2.18. The highest BCUT2D eigenvalue weighted by Gasteiger charge is 2.04. The van der Waals surface area contributed by atoms with Gasteiger partial charge in [0.05, 0.1) is 23.3 Å². The van der Waals surface area contributed by atoms with E-state index in [2.05, 4.69) is 4.98 Å². The number of nitriles is 1. The lowest BCUT2D eigenvalue weighted by molar-refractivity contribution is 0.629. The van der Waals surface area contributed by atoms with Crippen LogP contribution in [0.2, 0.25) is 0 Å². The Labute approximate surface area is 84.2 Å². The van der Waals surface area contributed by atoms with Crippen LogP contribution >= 0.6 is 0 Å². The fourth-order valence-corrected chi connectivity index (χ4v) is 1.32. The third-order valence-corrected chi connectivity index (χ3v) is 2.03. The maximum absolute atomic E-state index is 12.8. The zero-order chi connectivity index (χ0) is 10.8. The van der Waals surface area contributed by atoms with Crippen molar-refractivity contribution >= 4 is 10.9 Å². The zero-order valence-electron chi connectivity index (χ0n) is 7.64. The largest absolute Gasteiger partial charge is 0.285 e. The highest BCUT2D eigenvalue weighted by Crippen LogP contribution is 2.08. The van der Waals surface area contributed by atoms with Crippen molar-refractivity contribution in [2.75, 3.05) is 0 Å². The summed E-state index contributed by atoms with van der Waals surface area (Å²) in [4.78, 5) is 15.6. The molecule has 1 heterocycles. The van der Waals surface area contributed by atoms with Gasteiger partial charge >= 0.3 is 0 Å². The van der Waals surface area contributed by atoms with Crippen molar-refractivity contribution < 1.29 is 4.39 Å². The van der Waals surface area contributed by atoms with Gasteiger partial charge in [-0.15, -0.1) is 0 Å². The maximum Gasteiger partial charge on any atom is 0.262 e. The van der Waals surface area contributed by atoms with Crippen LogP contribution in [0, 0.1) is 17.1 Å². The Morgan fingerprint density at radius 1 is 1.53 bits per heavy atom. The fourth-order valence-electron chi connectivity index (χ4n) is 1.32. The van der Waals surface area contributed by atoms with Crippen LogP contribution in [0.15, 0.2) is 29.3 Å². The summed E-state index contributed by atoms with van der Waals surface area (Å²) in [7, 11) is 0. The SMILES string of the molecule is N#CCn1cnc2cc(F)ccc2c1=O. The molecule has 2 rings (SSSR count). The molecule has 1 aromatic heterocycles. The Morgan fingerprint density at radius 3 is 3.07 bits per heavy atom. The Bertz CT molecular complexity index is 612. The molecule has 1 aromatic carbocycles. The molecule has 0 amide bonds. The minimum atomic E-state index is -0.438. The minimum Gasteiger partial charge on any atom is -0.285 e. The van der Waals surface area contributed by atoms with Crippen LogP contribution in [0.25, 0.3) is 10.9 Å². The molecule has 0 aliphatic carbocycles. The van der Waals surface area contributed by atoms with Crippen LogP contribution in [-0.4, -0.2) is 9.55 Å². The van der Waals surface area contributed by atoms with E-state index in [1.54, 1.807) is 0 Å². The molecule has 15 heavy (non-hydrogen) atoms.